The van der Waals surface area contributed by atoms with Gasteiger partial charge >= 0.3 is 11.9 Å². The molecule has 0 aliphatic rings. The molecule has 5 unspecified atom stereocenters. The Hall–Kier alpha value is -2.52. The first-order valence-electron chi connectivity index (χ1n) is 30.0. The standard InChI is InChI=1S/C57H109N3O19/c1-3-5-7-9-11-13-14-15-16-17-18-20-21-23-25-27-56(69)78-44-52(79-57(70)28-26-24-22-19-12-10-8-6-4-2)30-60-29-47(58-59-60)35-75-55(45-76-53(40-71-36-48(65)31-61)41-72-37-49(66)32-62)46-77-54(42-73-38-50(67)33-63)43-74-39-51(68)34-64/h29,48-55,61-68H,3-28,30-46H2,1-2H3. The number of esters is 2. The molecule has 8 N–H and O–H groups in total. The van der Waals surface area contributed by atoms with Crippen LogP contribution in [-0.2, 0) is 65.4 Å². The molecule has 466 valence electrons. The highest BCUT2D eigenvalue weighted by Gasteiger charge is 2.23. The lowest BCUT2D eigenvalue weighted by molar-refractivity contribution is -0.160. The Morgan fingerprint density at radius 3 is 1.14 bits per heavy atom. The van der Waals surface area contributed by atoms with Crippen LogP contribution in [0, 0.1) is 0 Å². The molecule has 1 aromatic rings. The molecule has 0 radical (unpaired) electrons. The Balaban J connectivity index is 3.04. The second-order valence-electron chi connectivity index (χ2n) is 20.8. The minimum Gasteiger partial charge on any atom is -0.462 e. The van der Waals surface area contributed by atoms with Crippen molar-refractivity contribution in [2.45, 2.75) is 243 Å². The Morgan fingerprint density at radius 1 is 0.430 bits per heavy atom. The maximum atomic E-state index is 13.2. The van der Waals surface area contributed by atoms with Crippen LogP contribution in [0.15, 0.2) is 6.20 Å². The molecule has 0 aliphatic heterocycles. The van der Waals surface area contributed by atoms with E-state index in [9.17, 15) is 50.4 Å². The number of carbonyl (C=O) groups excluding carboxylic acids is 2. The first kappa shape index (κ1) is 74.5. The third kappa shape index (κ3) is 45.7. The summed E-state index contributed by atoms with van der Waals surface area (Å²) in [4.78, 5) is 26.1. The summed E-state index contributed by atoms with van der Waals surface area (Å²) in [6.07, 6.45) is 22.6. The number of aliphatic hydroxyl groups is 8. The average molecular weight is 1140 g/mol. The summed E-state index contributed by atoms with van der Waals surface area (Å²) in [5.74, 6) is -0.737. The van der Waals surface area contributed by atoms with E-state index < -0.39 is 75.3 Å². The van der Waals surface area contributed by atoms with Gasteiger partial charge in [0, 0.05) is 12.8 Å². The monoisotopic (exact) mass is 1140 g/mol. The summed E-state index contributed by atoms with van der Waals surface area (Å²) in [5, 5.41) is 84.8. The number of ether oxygens (including phenoxy) is 9. The van der Waals surface area contributed by atoms with E-state index in [4.69, 9.17) is 42.6 Å². The second-order valence-corrected chi connectivity index (χ2v) is 20.8. The van der Waals surface area contributed by atoms with Crippen LogP contribution in [0.5, 0.6) is 0 Å². The minimum absolute atomic E-state index is 0.0493. The SMILES string of the molecule is CCCCCCCCCCCCCCCCCC(=O)OCC(Cn1cc(COC(COC(COCC(O)CO)COCC(O)CO)COC(COCC(O)CO)COCC(O)CO)nn1)OC(=O)CCCCCCCCCCC. The van der Waals surface area contributed by atoms with E-state index in [0.717, 1.165) is 44.9 Å². The summed E-state index contributed by atoms with van der Waals surface area (Å²) < 4.78 is 53.7. The van der Waals surface area contributed by atoms with E-state index in [0.29, 0.717) is 12.1 Å². The first-order valence-corrected chi connectivity index (χ1v) is 30.0. The zero-order valence-corrected chi connectivity index (χ0v) is 48.5. The molecule has 79 heavy (non-hydrogen) atoms. The molecule has 1 heterocycles. The molecule has 22 nitrogen and oxygen atoms in total. The highest BCUT2D eigenvalue weighted by atomic mass is 16.6. The van der Waals surface area contributed by atoms with E-state index >= 15 is 0 Å². The van der Waals surface area contributed by atoms with Crippen LogP contribution in [-0.4, -0.2) is 216 Å². The van der Waals surface area contributed by atoms with Gasteiger partial charge in [-0.05, 0) is 12.8 Å². The number of nitrogens with zero attached hydrogens (tertiary/aromatic N) is 3. The van der Waals surface area contributed by atoms with Gasteiger partial charge < -0.3 is 83.5 Å². The van der Waals surface area contributed by atoms with Crippen LogP contribution in [0.3, 0.4) is 0 Å². The normalized spacial score (nSPS) is 14.9. The topological polar surface area (TPSA) is 310 Å². The van der Waals surface area contributed by atoms with Crippen molar-refractivity contribution in [2.24, 2.45) is 0 Å². The van der Waals surface area contributed by atoms with E-state index in [1.165, 1.54) is 107 Å². The fraction of sp³-hybridized carbons (Fsp3) is 0.930. The largest absolute Gasteiger partial charge is 0.462 e. The van der Waals surface area contributed by atoms with Crippen LogP contribution < -0.4 is 0 Å². The van der Waals surface area contributed by atoms with Crippen molar-refractivity contribution in [3.63, 3.8) is 0 Å². The van der Waals surface area contributed by atoms with E-state index in [1.54, 1.807) is 6.20 Å². The number of aliphatic hydroxyl groups excluding tert-OH is 8. The van der Waals surface area contributed by atoms with Crippen molar-refractivity contribution in [3.8, 4) is 0 Å². The van der Waals surface area contributed by atoms with Gasteiger partial charge in [-0.25, -0.2) is 4.68 Å². The van der Waals surface area contributed by atoms with Crippen LogP contribution in [0.2, 0.25) is 0 Å². The Bertz CT molecular complexity index is 1430. The molecule has 0 saturated heterocycles. The zero-order valence-electron chi connectivity index (χ0n) is 48.5. The lowest BCUT2D eigenvalue weighted by Gasteiger charge is -2.25. The maximum Gasteiger partial charge on any atom is 0.306 e. The van der Waals surface area contributed by atoms with Gasteiger partial charge in [0.2, 0.25) is 0 Å². The minimum atomic E-state index is -1.13. The van der Waals surface area contributed by atoms with Crippen molar-refractivity contribution in [1.82, 2.24) is 15.0 Å². The molecule has 0 spiro atoms. The van der Waals surface area contributed by atoms with E-state index in [1.807, 2.05) is 0 Å². The molecule has 1 aromatic heterocycles. The van der Waals surface area contributed by atoms with Crippen molar-refractivity contribution < 1.29 is 93.1 Å². The molecule has 0 aliphatic carbocycles. The summed E-state index contributed by atoms with van der Waals surface area (Å²) >= 11 is 0. The fourth-order valence-corrected chi connectivity index (χ4v) is 8.23. The lowest BCUT2D eigenvalue weighted by atomic mass is 10.0. The number of carbonyl (C=O) groups is 2. The van der Waals surface area contributed by atoms with Gasteiger partial charge in [0.25, 0.3) is 0 Å². The number of rotatable bonds is 60. The highest BCUT2D eigenvalue weighted by molar-refractivity contribution is 5.70. The van der Waals surface area contributed by atoms with Gasteiger partial charge in [0.05, 0.1) is 112 Å². The number of hydrogen-bond acceptors (Lipinski definition) is 21. The number of unbranched alkanes of at least 4 members (excludes halogenated alkanes) is 22. The Morgan fingerprint density at radius 2 is 0.772 bits per heavy atom. The molecule has 0 fully saturated rings. The lowest BCUT2D eigenvalue weighted by Crippen LogP contribution is -2.37. The quantitative estimate of drug-likeness (QED) is 0.0313. The van der Waals surface area contributed by atoms with Gasteiger partial charge in [-0.15, -0.1) is 5.10 Å². The third-order valence-corrected chi connectivity index (χ3v) is 13.0. The number of aromatic nitrogens is 3. The predicted molar refractivity (Wildman–Crippen MR) is 296 cm³/mol. The van der Waals surface area contributed by atoms with Crippen LogP contribution in [0.1, 0.15) is 186 Å². The predicted octanol–water partition coefficient (Wildman–Crippen LogP) is 5.05. The summed E-state index contributed by atoms with van der Waals surface area (Å²) in [5.41, 5.74) is 0.383. The average Bonchev–Trinajstić information content (AvgIpc) is 3.91. The second kappa shape index (κ2) is 53.5. The summed E-state index contributed by atoms with van der Waals surface area (Å²) in [7, 11) is 0. The van der Waals surface area contributed by atoms with Gasteiger partial charge in [0.1, 0.15) is 55.0 Å². The Kier molecular flexibility index (Phi) is 50.4. The van der Waals surface area contributed by atoms with Gasteiger partial charge in [-0.2, -0.15) is 0 Å². The molecule has 0 amide bonds. The molecular formula is C57H109N3O19. The van der Waals surface area contributed by atoms with Gasteiger partial charge in [-0.1, -0.05) is 160 Å². The maximum absolute atomic E-state index is 13.2. The molecule has 0 bridgehead atoms. The Labute approximate surface area is 472 Å². The van der Waals surface area contributed by atoms with Crippen molar-refractivity contribution >= 4 is 11.9 Å². The summed E-state index contributed by atoms with van der Waals surface area (Å²) in [6.45, 7) is 0.681. The first-order chi connectivity index (χ1) is 38.5. The van der Waals surface area contributed by atoms with Crippen LogP contribution >= 0.6 is 0 Å². The third-order valence-electron chi connectivity index (χ3n) is 13.0. The van der Waals surface area contributed by atoms with Crippen LogP contribution in [0.4, 0.5) is 0 Å². The molecule has 0 saturated carbocycles. The summed E-state index contributed by atoms with van der Waals surface area (Å²) in [6, 6.07) is 0. The molecule has 22 heteroatoms. The fourth-order valence-electron chi connectivity index (χ4n) is 8.23. The molecule has 5 atom stereocenters. The number of hydrogen-bond donors (Lipinski definition) is 8. The molecule has 0 aromatic carbocycles. The smallest absolute Gasteiger partial charge is 0.306 e. The van der Waals surface area contributed by atoms with E-state index in [-0.39, 0.29) is 111 Å². The van der Waals surface area contributed by atoms with Crippen molar-refractivity contribution in [1.29, 1.82) is 0 Å². The van der Waals surface area contributed by atoms with Crippen LogP contribution in [0.25, 0.3) is 0 Å². The van der Waals surface area contributed by atoms with Crippen molar-refractivity contribution in [3.05, 3.63) is 11.9 Å². The van der Waals surface area contributed by atoms with Crippen molar-refractivity contribution in [2.75, 3.05) is 99.1 Å². The van der Waals surface area contributed by atoms with Gasteiger partial charge in [0.15, 0.2) is 6.10 Å². The van der Waals surface area contributed by atoms with E-state index in [2.05, 4.69) is 24.2 Å². The van der Waals surface area contributed by atoms with Gasteiger partial charge in [-0.3, -0.25) is 9.59 Å². The highest BCUT2D eigenvalue weighted by Crippen LogP contribution is 2.16. The molecular weight excluding hydrogens is 1030 g/mol. The molecule has 1 rings (SSSR count). The zero-order chi connectivity index (χ0) is 57.8.